The highest BCUT2D eigenvalue weighted by molar-refractivity contribution is 9.10. The van der Waals surface area contributed by atoms with E-state index in [4.69, 9.17) is 10.5 Å². The third-order valence-corrected chi connectivity index (χ3v) is 4.23. The molecule has 0 saturated carbocycles. The first-order valence-corrected chi connectivity index (χ1v) is 7.28. The smallest absolute Gasteiger partial charge is 0.255 e. The Labute approximate surface area is 134 Å². The number of ether oxygens (including phenoxy) is 1. The van der Waals surface area contributed by atoms with Crippen molar-refractivity contribution in [1.29, 1.82) is 0 Å². The number of hydrogen-bond donors (Lipinski definition) is 1. The lowest BCUT2D eigenvalue weighted by molar-refractivity contribution is 0.0677. The number of methoxy groups -OCH3 is 1. The minimum absolute atomic E-state index is 0. The van der Waals surface area contributed by atoms with E-state index in [1.165, 1.54) is 0 Å². The first kappa shape index (κ1) is 17.3. The van der Waals surface area contributed by atoms with Crippen LogP contribution < -0.4 is 10.5 Å². The Bertz CT molecular complexity index is 470. The van der Waals surface area contributed by atoms with Crippen LogP contribution in [0, 0.1) is 5.92 Å². The number of nitrogens with zero attached hydrogens (tertiary/aromatic N) is 1. The Hall–Kier alpha value is -0.780. The molecule has 2 N–H and O–H groups in total. The van der Waals surface area contributed by atoms with Crippen molar-refractivity contribution >= 4 is 34.2 Å². The normalized spacial score (nSPS) is 18.4. The van der Waals surface area contributed by atoms with Crippen LogP contribution in [0.3, 0.4) is 0 Å². The second-order valence-corrected chi connectivity index (χ2v) is 5.70. The molecule has 1 fully saturated rings. The number of halogens is 2. The fourth-order valence-electron chi connectivity index (χ4n) is 2.41. The minimum atomic E-state index is 0. The molecule has 1 heterocycles. The van der Waals surface area contributed by atoms with E-state index in [2.05, 4.69) is 15.9 Å². The van der Waals surface area contributed by atoms with Gasteiger partial charge < -0.3 is 15.4 Å². The number of amides is 1. The van der Waals surface area contributed by atoms with E-state index in [0.29, 0.717) is 23.8 Å². The summed E-state index contributed by atoms with van der Waals surface area (Å²) in [6.07, 6.45) is 2.13. The first-order chi connectivity index (χ1) is 9.15. The van der Waals surface area contributed by atoms with Gasteiger partial charge in [-0.15, -0.1) is 12.4 Å². The predicted octanol–water partition coefficient (Wildman–Crippen LogP) is 2.69. The zero-order valence-electron chi connectivity index (χ0n) is 11.5. The number of benzene rings is 1. The summed E-state index contributed by atoms with van der Waals surface area (Å²) in [5.41, 5.74) is 6.36. The van der Waals surface area contributed by atoms with E-state index in [-0.39, 0.29) is 18.3 Å². The maximum absolute atomic E-state index is 12.5. The Morgan fingerprint density at radius 1 is 1.55 bits per heavy atom. The van der Waals surface area contributed by atoms with Gasteiger partial charge in [-0.1, -0.05) is 0 Å². The van der Waals surface area contributed by atoms with E-state index in [1.54, 1.807) is 13.2 Å². The van der Waals surface area contributed by atoms with Crippen molar-refractivity contribution in [3.05, 3.63) is 28.2 Å². The zero-order chi connectivity index (χ0) is 13.8. The van der Waals surface area contributed by atoms with Crippen LogP contribution in [0.1, 0.15) is 23.2 Å². The SMILES string of the molecule is COc1ccc(Br)c(C(=O)N2CCCC(CN)C2)c1.Cl. The third kappa shape index (κ3) is 3.87. The summed E-state index contributed by atoms with van der Waals surface area (Å²) in [5, 5.41) is 0. The molecule has 0 spiro atoms. The topological polar surface area (TPSA) is 55.6 Å². The largest absolute Gasteiger partial charge is 0.497 e. The van der Waals surface area contributed by atoms with Crippen LogP contribution in [0.25, 0.3) is 0 Å². The van der Waals surface area contributed by atoms with Gasteiger partial charge in [0.05, 0.1) is 12.7 Å². The van der Waals surface area contributed by atoms with Crippen molar-refractivity contribution in [1.82, 2.24) is 4.90 Å². The average molecular weight is 364 g/mol. The van der Waals surface area contributed by atoms with Crippen molar-refractivity contribution in [3.8, 4) is 5.75 Å². The molecule has 0 aliphatic carbocycles. The average Bonchev–Trinajstić information content (AvgIpc) is 2.47. The molecule has 0 aromatic heterocycles. The van der Waals surface area contributed by atoms with Crippen LogP contribution >= 0.6 is 28.3 Å². The summed E-state index contributed by atoms with van der Waals surface area (Å²) in [5.74, 6) is 1.16. The van der Waals surface area contributed by atoms with Gasteiger partial charge in [-0.25, -0.2) is 0 Å². The molecule has 1 aliphatic rings. The van der Waals surface area contributed by atoms with Gasteiger partial charge in [0.2, 0.25) is 0 Å². The van der Waals surface area contributed by atoms with Crippen LogP contribution in [-0.4, -0.2) is 37.6 Å². The summed E-state index contributed by atoms with van der Waals surface area (Å²) < 4.78 is 5.98. The molecule has 1 aliphatic heterocycles. The fraction of sp³-hybridized carbons (Fsp3) is 0.500. The molecule has 112 valence electrons. The van der Waals surface area contributed by atoms with Crippen molar-refractivity contribution in [2.45, 2.75) is 12.8 Å². The summed E-state index contributed by atoms with van der Waals surface area (Å²) in [7, 11) is 1.60. The number of hydrogen-bond acceptors (Lipinski definition) is 3. The van der Waals surface area contributed by atoms with Gasteiger partial charge in [0.25, 0.3) is 5.91 Å². The number of piperidine rings is 1. The maximum atomic E-state index is 12.5. The van der Waals surface area contributed by atoms with Gasteiger partial charge in [-0.3, -0.25) is 4.79 Å². The van der Waals surface area contributed by atoms with Crippen molar-refractivity contribution in [2.24, 2.45) is 11.7 Å². The lowest BCUT2D eigenvalue weighted by atomic mass is 9.97. The molecule has 1 amide bonds. The minimum Gasteiger partial charge on any atom is -0.497 e. The Morgan fingerprint density at radius 2 is 2.30 bits per heavy atom. The molecule has 1 aromatic carbocycles. The number of carbonyl (C=O) groups excluding carboxylic acids is 1. The first-order valence-electron chi connectivity index (χ1n) is 6.48. The highest BCUT2D eigenvalue weighted by atomic mass is 79.9. The molecule has 6 heteroatoms. The highest BCUT2D eigenvalue weighted by Crippen LogP contribution is 2.25. The van der Waals surface area contributed by atoms with Gasteiger partial charge in [0.15, 0.2) is 0 Å². The van der Waals surface area contributed by atoms with Crippen molar-refractivity contribution < 1.29 is 9.53 Å². The molecule has 0 radical (unpaired) electrons. The summed E-state index contributed by atoms with van der Waals surface area (Å²) in [4.78, 5) is 14.4. The van der Waals surface area contributed by atoms with Crippen LogP contribution in [0.5, 0.6) is 5.75 Å². The lowest BCUT2D eigenvalue weighted by Crippen LogP contribution is -2.42. The molecule has 1 unspecified atom stereocenters. The molecule has 2 rings (SSSR count). The molecule has 4 nitrogen and oxygen atoms in total. The maximum Gasteiger partial charge on any atom is 0.255 e. The van der Waals surface area contributed by atoms with Crippen molar-refractivity contribution in [2.75, 3.05) is 26.7 Å². The summed E-state index contributed by atoms with van der Waals surface area (Å²) in [6, 6.07) is 5.45. The quantitative estimate of drug-likeness (QED) is 0.898. The van der Waals surface area contributed by atoms with E-state index in [9.17, 15) is 4.79 Å². The van der Waals surface area contributed by atoms with Gasteiger partial charge in [0, 0.05) is 17.6 Å². The molecular formula is C14H20BrClN2O2. The number of carbonyl (C=O) groups is 1. The number of nitrogens with two attached hydrogens (primary N) is 1. The van der Waals surface area contributed by atoms with Gasteiger partial charge in [0.1, 0.15) is 5.75 Å². The van der Waals surface area contributed by atoms with Gasteiger partial charge in [-0.05, 0) is 59.4 Å². The highest BCUT2D eigenvalue weighted by Gasteiger charge is 2.25. The molecule has 1 atom stereocenters. The van der Waals surface area contributed by atoms with E-state index in [1.807, 2.05) is 17.0 Å². The number of rotatable bonds is 3. The third-order valence-electron chi connectivity index (χ3n) is 3.54. The molecule has 1 aromatic rings. The molecule has 1 saturated heterocycles. The van der Waals surface area contributed by atoms with E-state index < -0.39 is 0 Å². The lowest BCUT2D eigenvalue weighted by Gasteiger charge is -2.32. The van der Waals surface area contributed by atoms with E-state index in [0.717, 1.165) is 30.4 Å². The Balaban J connectivity index is 0.00000200. The van der Waals surface area contributed by atoms with Crippen LogP contribution in [-0.2, 0) is 0 Å². The molecular weight excluding hydrogens is 344 g/mol. The molecule has 20 heavy (non-hydrogen) atoms. The Morgan fingerprint density at radius 3 is 2.95 bits per heavy atom. The zero-order valence-corrected chi connectivity index (χ0v) is 13.9. The summed E-state index contributed by atoms with van der Waals surface area (Å²) >= 11 is 3.43. The standard InChI is InChI=1S/C14H19BrN2O2.ClH/c1-19-11-4-5-13(15)12(7-11)14(18)17-6-2-3-10(8-16)9-17;/h4-5,7,10H,2-3,6,8-9,16H2,1H3;1H. The van der Waals surface area contributed by atoms with Crippen LogP contribution in [0.15, 0.2) is 22.7 Å². The van der Waals surface area contributed by atoms with Gasteiger partial charge in [-0.2, -0.15) is 0 Å². The number of likely N-dealkylation sites (tertiary alicyclic amines) is 1. The fourth-order valence-corrected chi connectivity index (χ4v) is 2.82. The second kappa shape index (κ2) is 7.86. The van der Waals surface area contributed by atoms with Crippen LogP contribution in [0.2, 0.25) is 0 Å². The van der Waals surface area contributed by atoms with Crippen LogP contribution in [0.4, 0.5) is 0 Å². The second-order valence-electron chi connectivity index (χ2n) is 4.84. The van der Waals surface area contributed by atoms with Crippen molar-refractivity contribution in [3.63, 3.8) is 0 Å². The van der Waals surface area contributed by atoms with Gasteiger partial charge >= 0.3 is 0 Å². The molecule has 0 bridgehead atoms. The summed E-state index contributed by atoms with van der Waals surface area (Å²) in [6.45, 7) is 2.20. The predicted molar refractivity (Wildman–Crippen MR) is 85.6 cm³/mol. The Kier molecular flexibility index (Phi) is 6.79. The monoisotopic (exact) mass is 362 g/mol. The van der Waals surface area contributed by atoms with E-state index >= 15 is 0 Å².